The summed E-state index contributed by atoms with van der Waals surface area (Å²) < 4.78 is 5.08. The second kappa shape index (κ2) is 7.51. The number of ether oxygens (including phenoxy) is 1. The van der Waals surface area contributed by atoms with Crippen LogP contribution in [0.15, 0.2) is 24.3 Å². The van der Waals surface area contributed by atoms with Crippen LogP contribution in [0.1, 0.15) is 31.7 Å². The number of carbonyl (C=O) groups excluding carboxylic acids is 1. The van der Waals surface area contributed by atoms with E-state index in [0.29, 0.717) is 19.3 Å². The Morgan fingerprint density at radius 2 is 1.94 bits per heavy atom. The van der Waals surface area contributed by atoms with E-state index in [9.17, 15) is 4.79 Å². The first-order chi connectivity index (χ1) is 8.26. The SMILES string of the molecule is CC#CCCC(=O)CCc1ccc(OC)cc1. The van der Waals surface area contributed by atoms with E-state index in [0.717, 1.165) is 12.2 Å². The molecule has 0 fully saturated rings. The minimum absolute atomic E-state index is 0.281. The van der Waals surface area contributed by atoms with Crippen molar-refractivity contribution in [3.63, 3.8) is 0 Å². The maximum Gasteiger partial charge on any atom is 0.134 e. The number of hydrogen-bond acceptors (Lipinski definition) is 2. The van der Waals surface area contributed by atoms with Crippen molar-refractivity contribution >= 4 is 5.78 Å². The van der Waals surface area contributed by atoms with Crippen LogP contribution in [0, 0.1) is 11.8 Å². The van der Waals surface area contributed by atoms with Crippen molar-refractivity contribution in [1.82, 2.24) is 0 Å². The Kier molecular flexibility index (Phi) is 5.88. The number of benzene rings is 1. The largest absolute Gasteiger partial charge is 0.497 e. The van der Waals surface area contributed by atoms with Crippen molar-refractivity contribution in [2.45, 2.75) is 32.6 Å². The molecule has 0 amide bonds. The molecule has 0 aliphatic heterocycles. The summed E-state index contributed by atoms with van der Waals surface area (Å²) in [5.74, 6) is 6.83. The van der Waals surface area contributed by atoms with Crippen LogP contribution in [-0.2, 0) is 11.2 Å². The third-order valence-corrected chi connectivity index (χ3v) is 2.56. The standard InChI is InChI=1S/C15H18O2/c1-3-4-5-6-14(16)10-7-13-8-11-15(17-2)12-9-13/h8-9,11-12H,5-7,10H2,1-2H3. The number of hydrogen-bond donors (Lipinski definition) is 0. The topological polar surface area (TPSA) is 26.3 Å². The van der Waals surface area contributed by atoms with Gasteiger partial charge in [0, 0.05) is 19.3 Å². The maximum absolute atomic E-state index is 11.5. The van der Waals surface area contributed by atoms with Gasteiger partial charge >= 0.3 is 0 Å². The van der Waals surface area contributed by atoms with Gasteiger partial charge in [-0.3, -0.25) is 4.79 Å². The molecule has 0 aliphatic carbocycles. The molecule has 90 valence electrons. The second-order valence-corrected chi connectivity index (χ2v) is 3.81. The van der Waals surface area contributed by atoms with Gasteiger partial charge in [-0.2, -0.15) is 0 Å². The van der Waals surface area contributed by atoms with Crippen LogP contribution < -0.4 is 4.74 Å². The fourth-order valence-electron chi connectivity index (χ4n) is 1.53. The number of carbonyl (C=O) groups is 1. The van der Waals surface area contributed by atoms with Crippen LogP contribution in [0.25, 0.3) is 0 Å². The molecule has 2 nitrogen and oxygen atoms in total. The molecule has 17 heavy (non-hydrogen) atoms. The van der Waals surface area contributed by atoms with Gasteiger partial charge in [0.15, 0.2) is 0 Å². The molecule has 0 aromatic heterocycles. The molecule has 0 spiro atoms. The molecule has 0 N–H and O–H groups in total. The number of aryl methyl sites for hydroxylation is 1. The second-order valence-electron chi connectivity index (χ2n) is 3.81. The van der Waals surface area contributed by atoms with Crippen molar-refractivity contribution in [1.29, 1.82) is 0 Å². The van der Waals surface area contributed by atoms with Gasteiger partial charge in [-0.05, 0) is 31.0 Å². The monoisotopic (exact) mass is 230 g/mol. The third kappa shape index (κ3) is 5.21. The van der Waals surface area contributed by atoms with Crippen molar-refractivity contribution in [2.75, 3.05) is 7.11 Å². The van der Waals surface area contributed by atoms with E-state index in [-0.39, 0.29) is 5.78 Å². The zero-order valence-corrected chi connectivity index (χ0v) is 10.5. The smallest absolute Gasteiger partial charge is 0.134 e. The fraction of sp³-hybridized carbons (Fsp3) is 0.400. The summed E-state index contributed by atoms with van der Waals surface area (Å²) in [7, 11) is 1.65. The van der Waals surface area contributed by atoms with E-state index in [2.05, 4.69) is 11.8 Å². The first-order valence-corrected chi connectivity index (χ1v) is 5.80. The quantitative estimate of drug-likeness (QED) is 0.702. The lowest BCUT2D eigenvalue weighted by Crippen LogP contribution is -1.99. The van der Waals surface area contributed by atoms with Crippen LogP contribution in [-0.4, -0.2) is 12.9 Å². The molecular formula is C15H18O2. The normalized spacial score (nSPS) is 9.29. The number of Topliss-reactive ketones (excluding diaryl/α,β-unsaturated/α-hetero) is 1. The summed E-state index contributed by atoms with van der Waals surface area (Å²) >= 11 is 0. The Morgan fingerprint density at radius 3 is 2.53 bits per heavy atom. The Labute approximate surface area is 103 Å². The van der Waals surface area contributed by atoms with Gasteiger partial charge in [-0.1, -0.05) is 12.1 Å². The summed E-state index contributed by atoms with van der Waals surface area (Å²) in [6.45, 7) is 1.79. The Hall–Kier alpha value is -1.75. The summed E-state index contributed by atoms with van der Waals surface area (Å²) in [6, 6.07) is 7.83. The number of methoxy groups -OCH3 is 1. The molecule has 1 aromatic carbocycles. The van der Waals surface area contributed by atoms with Crippen molar-refractivity contribution in [3.05, 3.63) is 29.8 Å². The average Bonchev–Trinajstić information content (AvgIpc) is 2.37. The van der Waals surface area contributed by atoms with E-state index in [1.54, 1.807) is 14.0 Å². The highest BCUT2D eigenvalue weighted by Crippen LogP contribution is 2.13. The van der Waals surface area contributed by atoms with Crippen molar-refractivity contribution < 1.29 is 9.53 Å². The Morgan fingerprint density at radius 1 is 1.24 bits per heavy atom. The highest BCUT2D eigenvalue weighted by molar-refractivity contribution is 5.78. The molecule has 2 heteroatoms. The maximum atomic E-state index is 11.5. The van der Waals surface area contributed by atoms with Crippen LogP contribution in [0.2, 0.25) is 0 Å². The molecule has 0 atom stereocenters. The van der Waals surface area contributed by atoms with Crippen LogP contribution in [0.4, 0.5) is 0 Å². The molecule has 1 rings (SSSR count). The van der Waals surface area contributed by atoms with E-state index >= 15 is 0 Å². The molecule has 0 heterocycles. The van der Waals surface area contributed by atoms with Gasteiger partial charge in [0.2, 0.25) is 0 Å². The average molecular weight is 230 g/mol. The first kappa shape index (κ1) is 13.3. The molecule has 0 bridgehead atoms. The molecule has 0 saturated heterocycles. The predicted molar refractivity (Wildman–Crippen MR) is 69.0 cm³/mol. The lowest BCUT2D eigenvalue weighted by Gasteiger charge is -2.02. The van der Waals surface area contributed by atoms with E-state index in [1.807, 2.05) is 24.3 Å². The highest BCUT2D eigenvalue weighted by atomic mass is 16.5. The number of rotatable bonds is 6. The minimum Gasteiger partial charge on any atom is -0.497 e. The summed E-state index contributed by atoms with van der Waals surface area (Å²) in [5.41, 5.74) is 1.17. The fourth-order valence-corrected chi connectivity index (χ4v) is 1.53. The molecule has 0 unspecified atom stereocenters. The van der Waals surface area contributed by atoms with Crippen LogP contribution >= 0.6 is 0 Å². The predicted octanol–water partition coefficient (Wildman–Crippen LogP) is 3.00. The molecule has 0 radical (unpaired) electrons. The van der Waals surface area contributed by atoms with Gasteiger partial charge in [0.25, 0.3) is 0 Å². The van der Waals surface area contributed by atoms with Crippen LogP contribution in [0.5, 0.6) is 5.75 Å². The molecule has 0 aliphatic rings. The molecule has 1 aromatic rings. The minimum atomic E-state index is 0.281. The summed E-state index contributed by atoms with van der Waals surface area (Å²) in [4.78, 5) is 11.5. The Balaban J connectivity index is 2.33. The summed E-state index contributed by atoms with van der Waals surface area (Å²) in [5, 5.41) is 0. The zero-order valence-electron chi connectivity index (χ0n) is 10.5. The van der Waals surface area contributed by atoms with Crippen molar-refractivity contribution in [2.24, 2.45) is 0 Å². The lowest BCUT2D eigenvalue weighted by atomic mass is 10.1. The third-order valence-electron chi connectivity index (χ3n) is 2.56. The lowest BCUT2D eigenvalue weighted by molar-refractivity contribution is -0.118. The van der Waals surface area contributed by atoms with Gasteiger partial charge in [-0.25, -0.2) is 0 Å². The summed E-state index contributed by atoms with van der Waals surface area (Å²) in [6.07, 6.45) is 2.63. The van der Waals surface area contributed by atoms with Gasteiger partial charge < -0.3 is 4.74 Å². The highest BCUT2D eigenvalue weighted by Gasteiger charge is 2.02. The van der Waals surface area contributed by atoms with E-state index in [4.69, 9.17) is 4.74 Å². The van der Waals surface area contributed by atoms with E-state index in [1.165, 1.54) is 5.56 Å². The molecule has 0 saturated carbocycles. The van der Waals surface area contributed by atoms with Gasteiger partial charge in [0.1, 0.15) is 11.5 Å². The van der Waals surface area contributed by atoms with Crippen LogP contribution in [0.3, 0.4) is 0 Å². The van der Waals surface area contributed by atoms with Crippen molar-refractivity contribution in [3.8, 4) is 17.6 Å². The Bertz CT molecular complexity index is 407. The van der Waals surface area contributed by atoms with E-state index < -0.39 is 0 Å². The number of ketones is 1. The zero-order chi connectivity index (χ0) is 12.5. The van der Waals surface area contributed by atoms with Gasteiger partial charge in [0.05, 0.1) is 7.11 Å². The first-order valence-electron chi connectivity index (χ1n) is 5.80. The van der Waals surface area contributed by atoms with Gasteiger partial charge in [-0.15, -0.1) is 11.8 Å². The molecular weight excluding hydrogens is 212 g/mol.